The first-order valence-corrected chi connectivity index (χ1v) is 11.2. The van der Waals surface area contributed by atoms with Crippen LogP contribution in [0.5, 0.6) is 11.5 Å². The molecule has 0 bridgehead atoms. The summed E-state index contributed by atoms with van der Waals surface area (Å²) >= 11 is 5.86. The highest BCUT2D eigenvalue weighted by atomic mass is 32.1. The van der Waals surface area contributed by atoms with Gasteiger partial charge in [0.15, 0.2) is 5.11 Å². The molecule has 3 aromatic carbocycles. The third-order valence-electron chi connectivity index (χ3n) is 5.44. The highest BCUT2D eigenvalue weighted by Gasteiger charge is 2.14. The molecule has 0 unspecified atom stereocenters. The lowest BCUT2D eigenvalue weighted by molar-refractivity contribution is 0.405. The van der Waals surface area contributed by atoms with Crippen molar-refractivity contribution < 1.29 is 9.47 Å². The normalized spacial score (nSPS) is 10.7. The van der Waals surface area contributed by atoms with Gasteiger partial charge in [0.25, 0.3) is 0 Å². The van der Waals surface area contributed by atoms with E-state index < -0.39 is 0 Å². The molecule has 0 heterocycles. The van der Waals surface area contributed by atoms with Gasteiger partial charge in [-0.1, -0.05) is 56.3 Å². The molecule has 0 aliphatic heterocycles. The molecule has 3 rings (SSSR count). The number of methoxy groups -OCH3 is 2. The van der Waals surface area contributed by atoms with E-state index in [2.05, 4.69) is 67.4 Å². The smallest absolute Gasteiger partial charge is 0.174 e. The van der Waals surface area contributed by atoms with Gasteiger partial charge in [0.05, 0.1) is 19.9 Å². The second-order valence-corrected chi connectivity index (χ2v) is 8.62. The summed E-state index contributed by atoms with van der Waals surface area (Å²) in [5.74, 6) is 2.12. The number of nitrogens with zero attached hydrogens (tertiary/aromatic N) is 1. The zero-order valence-electron chi connectivity index (χ0n) is 19.5. The van der Waals surface area contributed by atoms with Crippen LogP contribution in [0.25, 0.3) is 0 Å². The third kappa shape index (κ3) is 6.24. The Labute approximate surface area is 197 Å². The van der Waals surface area contributed by atoms with Crippen LogP contribution in [-0.2, 0) is 13.1 Å². The zero-order valence-corrected chi connectivity index (χ0v) is 20.3. The van der Waals surface area contributed by atoms with E-state index in [0.717, 1.165) is 28.3 Å². The van der Waals surface area contributed by atoms with Crippen LogP contribution in [0.1, 0.15) is 42.0 Å². The second-order valence-electron chi connectivity index (χ2n) is 8.23. The fraction of sp³-hybridized carbons (Fsp3) is 0.296. The molecule has 0 amide bonds. The Morgan fingerprint density at radius 3 is 2.00 bits per heavy atom. The van der Waals surface area contributed by atoms with E-state index in [1.807, 2.05) is 30.3 Å². The molecule has 0 atom stereocenters. The van der Waals surface area contributed by atoms with E-state index in [1.54, 1.807) is 14.2 Å². The van der Waals surface area contributed by atoms with Crippen molar-refractivity contribution in [3.05, 3.63) is 89.0 Å². The first kappa shape index (κ1) is 23.6. The minimum absolute atomic E-state index is 0.510. The molecular formula is C27H32N2O2S. The highest BCUT2D eigenvalue weighted by molar-refractivity contribution is 7.80. The Morgan fingerprint density at radius 1 is 0.875 bits per heavy atom. The Kier molecular flexibility index (Phi) is 8.12. The van der Waals surface area contributed by atoms with Gasteiger partial charge in [0, 0.05) is 13.1 Å². The van der Waals surface area contributed by atoms with E-state index in [4.69, 9.17) is 21.7 Å². The average Bonchev–Trinajstić information content (AvgIpc) is 2.79. The van der Waals surface area contributed by atoms with Crippen LogP contribution in [-0.4, -0.2) is 24.2 Å². The lowest BCUT2D eigenvalue weighted by Gasteiger charge is -2.27. The van der Waals surface area contributed by atoms with Crippen molar-refractivity contribution in [1.29, 1.82) is 0 Å². The number of benzene rings is 3. The lowest BCUT2D eigenvalue weighted by atomic mass is 10.0. The van der Waals surface area contributed by atoms with Gasteiger partial charge < -0.3 is 19.7 Å². The number of ether oxygens (including phenoxy) is 2. The Bertz CT molecular complexity index is 1030. The molecule has 0 radical (unpaired) electrons. The molecule has 32 heavy (non-hydrogen) atoms. The molecule has 4 nitrogen and oxygen atoms in total. The summed E-state index contributed by atoms with van der Waals surface area (Å²) in [6.45, 7) is 7.85. The summed E-state index contributed by atoms with van der Waals surface area (Å²) in [6, 6.07) is 22.9. The zero-order chi connectivity index (χ0) is 23.1. The van der Waals surface area contributed by atoms with Crippen molar-refractivity contribution >= 4 is 23.0 Å². The van der Waals surface area contributed by atoms with Crippen LogP contribution in [0.4, 0.5) is 5.69 Å². The minimum Gasteiger partial charge on any atom is -0.497 e. The fourth-order valence-corrected chi connectivity index (χ4v) is 3.73. The van der Waals surface area contributed by atoms with Gasteiger partial charge in [-0.05, 0) is 71.6 Å². The molecule has 5 heteroatoms. The summed E-state index contributed by atoms with van der Waals surface area (Å²) in [7, 11) is 3.35. The van der Waals surface area contributed by atoms with Crippen molar-refractivity contribution in [3.63, 3.8) is 0 Å². The maximum Gasteiger partial charge on any atom is 0.174 e. The summed E-state index contributed by atoms with van der Waals surface area (Å²) in [6.07, 6.45) is 0. The molecule has 3 aromatic rings. The molecule has 0 fully saturated rings. The van der Waals surface area contributed by atoms with Crippen LogP contribution in [0.15, 0.2) is 66.7 Å². The molecule has 0 aromatic heterocycles. The monoisotopic (exact) mass is 448 g/mol. The number of hydrogen-bond acceptors (Lipinski definition) is 3. The van der Waals surface area contributed by atoms with Gasteiger partial charge in [-0.2, -0.15) is 0 Å². The number of anilines is 1. The van der Waals surface area contributed by atoms with E-state index in [-0.39, 0.29) is 0 Å². The van der Waals surface area contributed by atoms with Crippen LogP contribution in [0, 0.1) is 6.92 Å². The summed E-state index contributed by atoms with van der Waals surface area (Å²) in [4.78, 5) is 2.17. The SMILES string of the molecule is COc1ccc(CN(Cc2ccc(C(C)C)cc2)C(=S)Nc2cc(C)ccc2OC)cc1. The van der Waals surface area contributed by atoms with Crippen LogP contribution in [0.3, 0.4) is 0 Å². The predicted molar refractivity (Wildman–Crippen MR) is 137 cm³/mol. The molecule has 0 aliphatic carbocycles. The Hall–Kier alpha value is -3.05. The number of rotatable bonds is 8. The predicted octanol–water partition coefficient (Wildman–Crippen LogP) is 6.53. The molecule has 168 valence electrons. The number of hydrogen-bond donors (Lipinski definition) is 1. The van der Waals surface area contributed by atoms with E-state index >= 15 is 0 Å². The Morgan fingerprint density at radius 2 is 1.47 bits per heavy atom. The fourth-order valence-electron chi connectivity index (χ4n) is 3.49. The van der Waals surface area contributed by atoms with Gasteiger partial charge >= 0.3 is 0 Å². The van der Waals surface area contributed by atoms with Crippen LogP contribution in [0.2, 0.25) is 0 Å². The van der Waals surface area contributed by atoms with E-state index in [1.165, 1.54) is 11.1 Å². The molecule has 0 saturated heterocycles. The van der Waals surface area contributed by atoms with Crippen LogP contribution >= 0.6 is 12.2 Å². The van der Waals surface area contributed by atoms with Gasteiger partial charge in [-0.15, -0.1) is 0 Å². The van der Waals surface area contributed by atoms with Gasteiger partial charge in [0.1, 0.15) is 11.5 Å². The van der Waals surface area contributed by atoms with Crippen molar-refractivity contribution in [3.8, 4) is 11.5 Å². The van der Waals surface area contributed by atoms with E-state index in [9.17, 15) is 0 Å². The standard InChI is InChI=1S/C27H32N2O2S/c1-19(2)23-11-7-21(8-12-23)17-29(18-22-9-13-24(30-4)14-10-22)27(32)28-25-16-20(3)6-15-26(25)31-5/h6-16,19H,17-18H2,1-5H3,(H,28,32). The van der Waals surface area contributed by atoms with Crippen molar-refractivity contribution in [2.75, 3.05) is 19.5 Å². The van der Waals surface area contributed by atoms with Gasteiger partial charge in [0.2, 0.25) is 0 Å². The van der Waals surface area contributed by atoms with Crippen molar-refractivity contribution in [2.24, 2.45) is 0 Å². The number of aryl methyl sites for hydroxylation is 1. The average molecular weight is 449 g/mol. The summed E-state index contributed by atoms with van der Waals surface area (Å²) < 4.78 is 10.8. The first-order chi connectivity index (χ1) is 15.4. The van der Waals surface area contributed by atoms with E-state index in [0.29, 0.717) is 24.1 Å². The summed E-state index contributed by atoms with van der Waals surface area (Å²) in [5.41, 5.74) is 5.71. The first-order valence-electron chi connectivity index (χ1n) is 10.8. The Balaban J connectivity index is 1.84. The molecule has 1 N–H and O–H groups in total. The number of thiocarbonyl (C=S) groups is 1. The minimum atomic E-state index is 0.510. The third-order valence-corrected chi connectivity index (χ3v) is 5.80. The molecular weight excluding hydrogens is 416 g/mol. The second kappa shape index (κ2) is 11.0. The summed E-state index contributed by atoms with van der Waals surface area (Å²) in [5, 5.41) is 4.05. The molecule has 0 saturated carbocycles. The van der Waals surface area contributed by atoms with Crippen LogP contribution < -0.4 is 14.8 Å². The van der Waals surface area contributed by atoms with Gasteiger partial charge in [-0.3, -0.25) is 0 Å². The topological polar surface area (TPSA) is 33.7 Å². The highest BCUT2D eigenvalue weighted by Crippen LogP contribution is 2.26. The van der Waals surface area contributed by atoms with Crippen molar-refractivity contribution in [2.45, 2.75) is 39.8 Å². The maximum atomic E-state index is 5.86. The van der Waals surface area contributed by atoms with Gasteiger partial charge in [-0.25, -0.2) is 0 Å². The molecule has 0 spiro atoms. The molecule has 0 aliphatic rings. The maximum absolute atomic E-state index is 5.86. The quantitative estimate of drug-likeness (QED) is 0.396. The lowest BCUT2D eigenvalue weighted by Crippen LogP contribution is -2.34. The largest absolute Gasteiger partial charge is 0.497 e. The van der Waals surface area contributed by atoms with Crippen molar-refractivity contribution in [1.82, 2.24) is 4.90 Å². The number of nitrogens with one attached hydrogen (secondary N) is 1.